The van der Waals surface area contributed by atoms with Gasteiger partial charge < -0.3 is 14.6 Å². The summed E-state index contributed by atoms with van der Waals surface area (Å²) >= 11 is 0. The van der Waals surface area contributed by atoms with E-state index in [1.54, 1.807) is 24.3 Å². The lowest BCUT2D eigenvalue weighted by atomic mass is 10.1. The van der Waals surface area contributed by atoms with Gasteiger partial charge in [-0.25, -0.2) is 13.6 Å². The minimum Gasteiger partial charge on any atom is -0.494 e. The normalized spacial score (nSPS) is 10.2. The topological polar surface area (TPSA) is 55.8 Å². The number of carboxylic acid groups (broad SMARTS) is 1. The molecule has 0 aliphatic rings. The van der Waals surface area contributed by atoms with Crippen LogP contribution < -0.4 is 9.47 Å². The number of aromatic carboxylic acids is 1. The quantitative estimate of drug-likeness (QED) is 0.919. The van der Waals surface area contributed by atoms with Crippen molar-refractivity contribution < 1.29 is 28.2 Å². The number of carbonyl (C=O) groups is 1. The molecule has 0 saturated carbocycles. The maximum atomic E-state index is 14.0. The van der Waals surface area contributed by atoms with E-state index in [2.05, 4.69) is 0 Å². The second-order valence-corrected chi connectivity index (χ2v) is 4.16. The summed E-state index contributed by atoms with van der Waals surface area (Å²) in [6.45, 7) is 0.0195. The van der Waals surface area contributed by atoms with Crippen LogP contribution in [0.15, 0.2) is 36.4 Å². The highest BCUT2D eigenvalue weighted by Crippen LogP contribution is 2.31. The molecule has 0 aromatic heterocycles. The van der Waals surface area contributed by atoms with Crippen molar-refractivity contribution in [3.8, 4) is 11.5 Å². The number of benzene rings is 2. The molecular formula is C15H12F2O4. The van der Waals surface area contributed by atoms with Gasteiger partial charge in [0, 0.05) is 6.07 Å². The average Bonchev–Trinajstić information content (AvgIpc) is 2.47. The maximum absolute atomic E-state index is 14.0. The van der Waals surface area contributed by atoms with E-state index in [1.807, 2.05) is 6.07 Å². The van der Waals surface area contributed by atoms with Gasteiger partial charge in [0.1, 0.15) is 12.2 Å². The van der Waals surface area contributed by atoms with Crippen LogP contribution in [-0.4, -0.2) is 18.2 Å². The fourth-order valence-electron chi connectivity index (χ4n) is 1.77. The van der Waals surface area contributed by atoms with Gasteiger partial charge >= 0.3 is 5.97 Å². The number of ether oxygens (including phenoxy) is 2. The Labute approximate surface area is 119 Å². The Kier molecular flexibility index (Phi) is 4.37. The maximum Gasteiger partial charge on any atom is 0.342 e. The third kappa shape index (κ3) is 3.10. The Morgan fingerprint density at radius 1 is 1.14 bits per heavy atom. The summed E-state index contributed by atoms with van der Waals surface area (Å²) in [4.78, 5) is 10.9. The molecule has 0 amide bonds. The van der Waals surface area contributed by atoms with Crippen molar-refractivity contribution in [3.63, 3.8) is 0 Å². The lowest BCUT2D eigenvalue weighted by molar-refractivity contribution is 0.0684. The number of carboxylic acids is 1. The zero-order chi connectivity index (χ0) is 15.4. The zero-order valence-corrected chi connectivity index (χ0v) is 11.1. The fourth-order valence-corrected chi connectivity index (χ4v) is 1.77. The van der Waals surface area contributed by atoms with Gasteiger partial charge in [0.25, 0.3) is 0 Å². The molecular weight excluding hydrogens is 282 g/mol. The molecule has 6 heteroatoms. The summed E-state index contributed by atoms with van der Waals surface area (Å²) < 4.78 is 37.7. The van der Waals surface area contributed by atoms with Gasteiger partial charge in [-0.15, -0.1) is 0 Å². The summed E-state index contributed by atoms with van der Waals surface area (Å²) in [6, 6.07) is 9.88. The summed E-state index contributed by atoms with van der Waals surface area (Å²) in [6.07, 6.45) is 0. The van der Waals surface area contributed by atoms with Crippen LogP contribution in [0, 0.1) is 11.6 Å². The monoisotopic (exact) mass is 294 g/mol. The van der Waals surface area contributed by atoms with Crippen LogP contribution in [0.25, 0.3) is 0 Å². The summed E-state index contributed by atoms with van der Waals surface area (Å²) in [5.74, 6) is -5.04. The molecule has 2 aromatic rings. The predicted molar refractivity (Wildman–Crippen MR) is 70.6 cm³/mol. The molecule has 0 fully saturated rings. The standard InChI is InChI=1S/C15H12F2O4/c1-20-10-7-11(14(17)12(13(10)16)15(18)19)21-8-9-5-3-2-4-6-9/h2-7H,8H2,1H3,(H,18,19). The highest BCUT2D eigenvalue weighted by atomic mass is 19.1. The molecule has 2 aromatic carbocycles. The van der Waals surface area contributed by atoms with E-state index in [-0.39, 0.29) is 12.4 Å². The molecule has 0 aliphatic heterocycles. The van der Waals surface area contributed by atoms with Crippen molar-refractivity contribution in [2.24, 2.45) is 0 Å². The Morgan fingerprint density at radius 3 is 2.33 bits per heavy atom. The van der Waals surface area contributed by atoms with Gasteiger partial charge in [-0.2, -0.15) is 0 Å². The molecule has 0 bridgehead atoms. The first kappa shape index (κ1) is 14.8. The molecule has 110 valence electrons. The summed E-state index contributed by atoms with van der Waals surface area (Å²) in [5, 5.41) is 8.89. The van der Waals surface area contributed by atoms with Gasteiger partial charge in [-0.05, 0) is 5.56 Å². The third-order valence-electron chi connectivity index (χ3n) is 2.80. The van der Waals surface area contributed by atoms with Gasteiger partial charge in [-0.3, -0.25) is 0 Å². The Bertz CT molecular complexity index is 656. The van der Waals surface area contributed by atoms with Crippen LogP contribution in [0.2, 0.25) is 0 Å². The van der Waals surface area contributed by atoms with E-state index in [4.69, 9.17) is 14.6 Å². The number of halogens is 2. The molecule has 0 saturated heterocycles. The fraction of sp³-hybridized carbons (Fsp3) is 0.133. The highest BCUT2D eigenvalue weighted by molar-refractivity contribution is 5.89. The molecule has 1 N–H and O–H groups in total. The Morgan fingerprint density at radius 2 is 1.76 bits per heavy atom. The van der Waals surface area contributed by atoms with Crippen LogP contribution in [0.3, 0.4) is 0 Å². The van der Waals surface area contributed by atoms with Gasteiger partial charge in [-0.1, -0.05) is 30.3 Å². The lowest BCUT2D eigenvalue weighted by Crippen LogP contribution is -2.09. The molecule has 0 heterocycles. The Hall–Kier alpha value is -2.63. The van der Waals surface area contributed by atoms with Crippen molar-refractivity contribution in [2.45, 2.75) is 6.61 Å². The first-order valence-corrected chi connectivity index (χ1v) is 6.00. The van der Waals surface area contributed by atoms with E-state index in [1.165, 1.54) is 0 Å². The first-order chi connectivity index (χ1) is 10.0. The predicted octanol–water partition coefficient (Wildman–Crippen LogP) is 3.25. The van der Waals surface area contributed by atoms with Crippen molar-refractivity contribution >= 4 is 5.97 Å². The molecule has 0 atom stereocenters. The van der Waals surface area contributed by atoms with E-state index < -0.39 is 28.9 Å². The van der Waals surface area contributed by atoms with Gasteiger partial charge in [0.05, 0.1) is 7.11 Å². The SMILES string of the molecule is COc1cc(OCc2ccccc2)c(F)c(C(=O)O)c1F. The second kappa shape index (κ2) is 6.21. The minimum absolute atomic E-state index is 0.0195. The third-order valence-corrected chi connectivity index (χ3v) is 2.80. The number of hydrogen-bond acceptors (Lipinski definition) is 3. The van der Waals surface area contributed by atoms with Crippen molar-refractivity contribution in [2.75, 3.05) is 7.11 Å². The molecule has 0 radical (unpaired) electrons. The minimum atomic E-state index is -1.73. The van der Waals surface area contributed by atoms with Crippen LogP contribution in [0.1, 0.15) is 15.9 Å². The van der Waals surface area contributed by atoms with Gasteiger partial charge in [0.2, 0.25) is 0 Å². The largest absolute Gasteiger partial charge is 0.494 e. The lowest BCUT2D eigenvalue weighted by Gasteiger charge is -2.12. The first-order valence-electron chi connectivity index (χ1n) is 6.00. The number of methoxy groups -OCH3 is 1. The van der Waals surface area contributed by atoms with Crippen molar-refractivity contribution in [1.29, 1.82) is 0 Å². The van der Waals surface area contributed by atoms with E-state index >= 15 is 0 Å². The average molecular weight is 294 g/mol. The number of hydrogen-bond donors (Lipinski definition) is 1. The van der Waals surface area contributed by atoms with Crippen LogP contribution in [-0.2, 0) is 6.61 Å². The molecule has 2 rings (SSSR count). The Balaban J connectivity index is 2.35. The van der Waals surface area contributed by atoms with E-state index in [9.17, 15) is 13.6 Å². The summed E-state index contributed by atoms with van der Waals surface area (Å²) in [5.41, 5.74) is -0.338. The summed E-state index contributed by atoms with van der Waals surface area (Å²) in [7, 11) is 1.16. The number of rotatable bonds is 5. The molecule has 0 spiro atoms. The van der Waals surface area contributed by atoms with E-state index in [0.717, 1.165) is 18.7 Å². The molecule has 0 aliphatic carbocycles. The highest BCUT2D eigenvalue weighted by Gasteiger charge is 2.25. The van der Waals surface area contributed by atoms with Gasteiger partial charge in [0.15, 0.2) is 23.1 Å². The molecule has 4 nitrogen and oxygen atoms in total. The van der Waals surface area contributed by atoms with Crippen LogP contribution in [0.4, 0.5) is 8.78 Å². The molecule has 0 unspecified atom stereocenters. The smallest absolute Gasteiger partial charge is 0.342 e. The zero-order valence-electron chi connectivity index (χ0n) is 11.1. The van der Waals surface area contributed by atoms with Crippen LogP contribution in [0.5, 0.6) is 11.5 Å². The molecule has 21 heavy (non-hydrogen) atoms. The van der Waals surface area contributed by atoms with Crippen molar-refractivity contribution in [3.05, 3.63) is 59.2 Å². The van der Waals surface area contributed by atoms with Crippen LogP contribution >= 0.6 is 0 Å². The van der Waals surface area contributed by atoms with Crippen molar-refractivity contribution in [1.82, 2.24) is 0 Å². The second-order valence-electron chi connectivity index (χ2n) is 4.16. The van der Waals surface area contributed by atoms with E-state index in [0.29, 0.717) is 0 Å².